The number of aromatic nitrogens is 2. The van der Waals surface area contributed by atoms with Gasteiger partial charge in [0.25, 0.3) is 0 Å². The zero-order valence-electron chi connectivity index (χ0n) is 7.66. The molecule has 0 saturated carbocycles. The predicted molar refractivity (Wildman–Crippen MR) is 51.9 cm³/mol. The standard InChI is InChI=1S/C9H13N3O/c1-3-4-5-10-9-11-6-8(13-2)7-12-9/h3,6-7H,1,4-5H2,2H3,(H,10,11,12). The number of rotatable bonds is 5. The summed E-state index contributed by atoms with van der Waals surface area (Å²) < 4.78 is 4.93. The third-order valence-electron chi connectivity index (χ3n) is 1.50. The minimum atomic E-state index is 0.614. The molecule has 0 aromatic carbocycles. The summed E-state index contributed by atoms with van der Waals surface area (Å²) in [5.41, 5.74) is 0. The number of methoxy groups -OCH3 is 1. The van der Waals surface area contributed by atoms with E-state index in [0.29, 0.717) is 11.7 Å². The van der Waals surface area contributed by atoms with Gasteiger partial charge < -0.3 is 10.1 Å². The van der Waals surface area contributed by atoms with E-state index in [-0.39, 0.29) is 0 Å². The lowest BCUT2D eigenvalue weighted by molar-refractivity contribution is 0.411. The molecule has 1 aromatic rings. The topological polar surface area (TPSA) is 47.0 Å². The molecule has 1 aromatic heterocycles. The largest absolute Gasteiger partial charge is 0.494 e. The van der Waals surface area contributed by atoms with Crippen molar-refractivity contribution >= 4 is 5.95 Å². The van der Waals surface area contributed by atoms with Gasteiger partial charge in [-0.05, 0) is 6.42 Å². The molecule has 0 aliphatic carbocycles. The Morgan fingerprint density at radius 3 is 2.77 bits per heavy atom. The van der Waals surface area contributed by atoms with Crippen LogP contribution < -0.4 is 10.1 Å². The maximum absolute atomic E-state index is 4.93. The molecule has 1 rings (SSSR count). The van der Waals surface area contributed by atoms with Crippen molar-refractivity contribution < 1.29 is 4.74 Å². The highest BCUT2D eigenvalue weighted by atomic mass is 16.5. The SMILES string of the molecule is C=CCCNc1ncc(OC)cn1. The first-order valence-corrected chi connectivity index (χ1v) is 4.07. The number of nitrogens with one attached hydrogen (secondary N) is 1. The summed E-state index contributed by atoms with van der Waals surface area (Å²) in [6, 6.07) is 0. The zero-order valence-corrected chi connectivity index (χ0v) is 7.66. The molecule has 0 bridgehead atoms. The van der Waals surface area contributed by atoms with Crippen LogP contribution in [0.2, 0.25) is 0 Å². The number of ether oxygens (including phenoxy) is 1. The van der Waals surface area contributed by atoms with Gasteiger partial charge in [0.1, 0.15) is 0 Å². The lowest BCUT2D eigenvalue weighted by atomic mass is 10.4. The van der Waals surface area contributed by atoms with Gasteiger partial charge in [0.15, 0.2) is 5.75 Å². The molecule has 0 fully saturated rings. The van der Waals surface area contributed by atoms with Crippen LogP contribution in [0.4, 0.5) is 5.95 Å². The lowest BCUT2D eigenvalue weighted by Crippen LogP contribution is -2.04. The molecule has 0 aliphatic rings. The van der Waals surface area contributed by atoms with Crippen molar-refractivity contribution in [3.8, 4) is 5.75 Å². The number of hydrogen-bond acceptors (Lipinski definition) is 4. The monoisotopic (exact) mass is 179 g/mol. The van der Waals surface area contributed by atoms with Crippen LogP contribution in [0.15, 0.2) is 25.0 Å². The summed E-state index contributed by atoms with van der Waals surface area (Å²) in [5, 5.41) is 3.05. The van der Waals surface area contributed by atoms with E-state index in [1.54, 1.807) is 19.5 Å². The molecule has 13 heavy (non-hydrogen) atoms. The van der Waals surface area contributed by atoms with Crippen LogP contribution in [0.25, 0.3) is 0 Å². The summed E-state index contributed by atoms with van der Waals surface area (Å²) in [6.45, 7) is 4.42. The second kappa shape index (κ2) is 5.13. The highest BCUT2D eigenvalue weighted by Crippen LogP contribution is 2.06. The maximum Gasteiger partial charge on any atom is 0.222 e. The molecule has 4 heteroatoms. The van der Waals surface area contributed by atoms with Crippen molar-refractivity contribution in [3.05, 3.63) is 25.0 Å². The van der Waals surface area contributed by atoms with Crippen LogP contribution in [-0.4, -0.2) is 23.6 Å². The quantitative estimate of drug-likeness (QED) is 0.549. The van der Waals surface area contributed by atoms with Crippen LogP contribution in [0.5, 0.6) is 5.75 Å². The van der Waals surface area contributed by atoms with Gasteiger partial charge in [0.2, 0.25) is 5.95 Å². The van der Waals surface area contributed by atoms with Crippen molar-refractivity contribution in [1.82, 2.24) is 9.97 Å². The third kappa shape index (κ3) is 3.11. The van der Waals surface area contributed by atoms with Crippen molar-refractivity contribution in [2.75, 3.05) is 19.0 Å². The Morgan fingerprint density at radius 2 is 2.23 bits per heavy atom. The molecule has 0 radical (unpaired) electrons. The fraction of sp³-hybridized carbons (Fsp3) is 0.333. The molecule has 0 atom stereocenters. The average Bonchev–Trinajstić information content (AvgIpc) is 2.19. The molecule has 4 nitrogen and oxygen atoms in total. The predicted octanol–water partition coefficient (Wildman–Crippen LogP) is 1.47. The third-order valence-corrected chi connectivity index (χ3v) is 1.50. The minimum Gasteiger partial charge on any atom is -0.494 e. The van der Waals surface area contributed by atoms with Gasteiger partial charge in [-0.2, -0.15) is 0 Å². The molecule has 0 saturated heterocycles. The molecule has 0 unspecified atom stereocenters. The second-order valence-electron chi connectivity index (χ2n) is 2.45. The first-order valence-electron chi connectivity index (χ1n) is 4.07. The summed E-state index contributed by atoms with van der Waals surface area (Å²) in [7, 11) is 1.59. The number of anilines is 1. The smallest absolute Gasteiger partial charge is 0.222 e. The van der Waals surface area contributed by atoms with E-state index >= 15 is 0 Å². The molecule has 1 N–H and O–H groups in total. The molecule has 0 amide bonds. The van der Waals surface area contributed by atoms with Crippen molar-refractivity contribution in [2.45, 2.75) is 6.42 Å². The van der Waals surface area contributed by atoms with Crippen molar-refractivity contribution in [3.63, 3.8) is 0 Å². The van der Waals surface area contributed by atoms with Crippen molar-refractivity contribution in [2.24, 2.45) is 0 Å². The summed E-state index contributed by atoms with van der Waals surface area (Å²) in [5.74, 6) is 1.27. The Bertz CT molecular complexity index is 258. The Morgan fingerprint density at radius 1 is 1.54 bits per heavy atom. The van der Waals surface area contributed by atoms with Crippen molar-refractivity contribution in [1.29, 1.82) is 0 Å². The highest BCUT2D eigenvalue weighted by Gasteiger charge is 1.94. The van der Waals surface area contributed by atoms with Crippen LogP contribution in [-0.2, 0) is 0 Å². The fourth-order valence-electron chi connectivity index (χ4n) is 0.799. The van der Waals surface area contributed by atoms with Gasteiger partial charge in [-0.25, -0.2) is 9.97 Å². The normalized spacial score (nSPS) is 9.31. The van der Waals surface area contributed by atoms with Gasteiger partial charge >= 0.3 is 0 Å². The van der Waals surface area contributed by atoms with Gasteiger partial charge in [-0.15, -0.1) is 6.58 Å². The molecule has 70 valence electrons. The molecular weight excluding hydrogens is 166 g/mol. The Hall–Kier alpha value is -1.58. The molecule has 0 spiro atoms. The van der Waals surface area contributed by atoms with Gasteiger partial charge in [-0.3, -0.25) is 0 Å². The molecule has 0 aliphatic heterocycles. The first-order chi connectivity index (χ1) is 6.36. The average molecular weight is 179 g/mol. The lowest BCUT2D eigenvalue weighted by Gasteiger charge is -2.02. The van der Waals surface area contributed by atoms with E-state index in [2.05, 4.69) is 21.9 Å². The van der Waals surface area contributed by atoms with E-state index in [4.69, 9.17) is 4.74 Å². The molecule has 1 heterocycles. The second-order valence-corrected chi connectivity index (χ2v) is 2.45. The van der Waals surface area contributed by atoms with E-state index in [1.165, 1.54) is 0 Å². The highest BCUT2D eigenvalue weighted by molar-refractivity contribution is 5.26. The van der Waals surface area contributed by atoms with E-state index < -0.39 is 0 Å². The summed E-state index contributed by atoms with van der Waals surface area (Å²) >= 11 is 0. The van der Waals surface area contributed by atoms with E-state index in [0.717, 1.165) is 13.0 Å². The number of nitrogens with zero attached hydrogens (tertiary/aromatic N) is 2. The first kappa shape index (κ1) is 9.51. The van der Waals surface area contributed by atoms with Crippen LogP contribution >= 0.6 is 0 Å². The fourth-order valence-corrected chi connectivity index (χ4v) is 0.799. The Labute approximate surface area is 77.7 Å². The number of hydrogen-bond donors (Lipinski definition) is 1. The summed E-state index contributed by atoms with van der Waals surface area (Å²) in [6.07, 6.45) is 6.00. The van der Waals surface area contributed by atoms with E-state index in [9.17, 15) is 0 Å². The van der Waals surface area contributed by atoms with Gasteiger partial charge in [0, 0.05) is 6.54 Å². The van der Waals surface area contributed by atoms with Crippen LogP contribution in [0.3, 0.4) is 0 Å². The Balaban J connectivity index is 2.44. The minimum absolute atomic E-state index is 0.614. The maximum atomic E-state index is 4.93. The Kier molecular flexibility index (Phi) is 3.75. The molecular formula is C9H13N3O. The van der Waals surface area contributed by atoms with Gasteiger partial charge in [0.05, 0.1) is 19.5 Å². The zero-order chi connectivity index (χ0) is 9.52. The van der Waals surface area contributed by atoms with Crippen LogP contribution in [0.1, 0.15) is 6.42 Å². The van der Waals surface area contributed by atoms with Gasteiger partial charge in [-0.1, -0.05) is 6.08 Å². The summed E-state index contributed by atoms with van der Waals surface area (Å²) in [4.78, 5) is 8.08. The van der Waals surface area contributed by atoms with E-state index in [1.807, 2.05) is 6.08 Å². The van der Waals surface area contributed by atoms with Crippen LogP contribution in [0, 0.1) is 0 Å².